The van der Waals surface area contributed by atoms with Crippen LogP contribution in [0.3, 0.4) is 0 Å². The van der Waals surface area contributed by atoms with Gasteiger partial charge in [-0.15, -0.1) is 0 Å². The van der Waals surface area contributed by atoms with Crippen LogP contribution in [0.15, 0.2) is 91.0 Å². The van der Waals surface area contributed by atoms with Crippen LogP contribution in [0, 0.1) is 5.92 Å². The van der Waals surface area contributed by atoms with Crippen LogP contribution in [0.25, 0.3) is 21.9 Å². The zero-order valence-electron chi connectivity index (χ0n) is 32.6. The maximum absolute atomic E-state index is 13.2. The van der Waals surface area contributed by atoms with Gasteiger partial charge in [0.25, 0.3) is 0 Å². The largest absolute Gasteiger partial charge is 0.480 e. The molecule has 0 bridgehead atoms. The number of hydrogen-bond acceptors (Lipinski definition) is 10. The fourth-order valence-electron chi connectivity index (χ4n) is 6.40. The summed E-state index contributed by atoms with van der Waals surface area (Å²) in [4.78, 5) is 66.6. The zero-order chi connectivity index (χ0) is 43.3. The molecule has 16 heteroatoms. The third-order valence-corrected chi connectivity index (χ3v) is 9.60. The number of carbonyl (C=O) groups is 6. The van der Waals surface area contributed by atoms with Crippen molar-refractivity contribution in [1.82, 2.24) is 4.90 Å². The van der Waals surface area contributed by atoms with Crippen molar-refractivity contribution in [2.75, 3.05) is 13.2 Å². The van der Waals surface area contributed by atoms with E-state index >= 15 is 0 Å². The van der Waals surface area contributed by atoms with E-state index < -0.39 is 60.0 Å². The number of carbonyl (C=O) groups excluding carboxylic acids is 3. The Morgan fingerprint density at radius 2 is 1.26 bits per heavy atom. The average Bonchev–Trinajstić information content (AvgIpc) is 3.77. The maximum atomic E-state index is 13.2. The normalized spacial score (nSPS) is 16.7. The number of carboxylic acid groups (broad SMARTS) is 3. The third-order valence-electron chi connectivity index (χ3n) is 9.60. The Hall–Kier alpha value is -6.36. The van der Waals surface area contributed by atoms with Crippen molar-refractivity contribution in [2.45, 2.75) is 69.6 Å². The first-order valence-electron chi connectivity index (χ1n) is 18.5. The van der Waals surface area contributed by atoms with Gasteiger partial charge in [0, 0.05) is 18.4 Å². The lowest BCUT2D eigenvalue weighted by molar-refractivity contribution is -0.142. The summed E-state index contributed by atoms with van der Waals surface area (Å²) < 4.78 is 5.78. The Bertz CT molecular complexity index is 2040. The number of benzene rings is 4. The van der Waals surface area contributed by atoms with Gasteiger partial charge in [-0.25, -0.2) is 9.59 Å². The average molecular weight is 801 g/mol. The van der Waals surface area contributed by atoms with Gasteiger partial charge < -0.3 is 48.7 Å². The highest BCUT2D eigenvalue weighted by molar-refractivity contribution is 5.86. The molecule has 0 unspecified atom stereocenters. The molecule has 3 amide bonds. The summed E-state index contributed by atoms with van der Waals surface area (Å²) >= 11 is 0. The SMILES string of the molecule is CC(C)[C@H](N)C(N)=O.C[C@H](N)C(=O)O.NC(=O)C[C@H](N)C(=O)O.O=C(O)[C@@H]1[C@@H](c2ccc3ccccc3c2)CCN1C(=O)OCC1c2ccccc2-c2ccccc21. The predicted molar refractivity (Wildman–Crippen MR) is 217 cm³/mol. The second kappa shape index (κ2) is 21.2. The summed E-state index contributed by atoms with van der Waals surface area (Å²) in [7, 11) is 0. The Kier molecular flexibility index (Phi) is 16.9. The van der Waals surface area contributed by atoms with E-state index in [9.17, 15) is 33.9 Å². The van der Waals surface area contributed by atoms with Crippen LogP contribution in [0.2, 0.25) is 0 Å². The van der Waals surface area contributed by atoms with E-state index in [1.807, 2.05) is 80.6 Å². The van der Waals surface area contributed by atoms with Gasteiger partial charge in [0.1, 0.15) is 24.7 Å². The van der Waals surface area contributed by atoms with Crippen LogP contribution >= 0.6 is 0 Å². The summed E-state index contributed by atoms with van der Waals surface area (Å²) in [6.07, 6.45) is -0.294. The molecule has 0 spiro atoms. The molecule has 6 rings (SSSR count). The lowest BCUT2D eigenvalue weighted by Gasteiger charge is -2.25. The topological polar surface area (TPSA) is 306 Å². The lowest BCUT2D eigenvalue weighted by atomic mass is 9.90. The molecule has 58 heavy (non-hydrogen) atoms. The minimum Gasteiger partial charge on any atom is -0.480 e. The third kappa shape index (κ3) is 12.3. The van der Waals surface area contributed by atoms with Gasteiger partial charge in [0.15, 0.2) is 0 Å². The van der Waals surface area contributed by atoms with Crippen LogP contribution < -0.4 is 28.7 Å². The fourth-order valence-corrected chi connectivity index (χ4v) is 6.40. The van der Waals surface area contributed by atoms with Crippen LogP contribution in [0.5, 0.6) is 0 Å². The molecule has 1 aliphatic carbocycles. The Labute approximate surface area is 335 Å². The van der Waals surface area contributed by atoms with E-state index in [0.717, 1.165) is 38.6 Å². The van der Waals surface area contributed by atoms with E-state index in [1.165, 1.54) is 11.8 Å². The number of nitrogens with two attached hydrogens (primary N) is 5. The second-order valence-corrected chi connectivity index (χ2v) is 14.2. The molecule has 1 fully saturated rings. The lowest BCUT2D eigenvalue weighted by Crippen LogP contribution is -2.43. The van der Waals surface area contributed by atoms with Crippen LogP contribution in [-0.4, -0.2) is 93.4 Å². The zero-order valence-corrected chi connectivity index (χ0v) is 32.6. The molecule has 310 valence electrons. The van der Waals surface area contributed by atoms with Crippen molar-refractivity contribution >= 4 is 46.6 Å². The number of hydrogen-bond donors (Lipinski definition) is 8. The van der Waals surface area contributed by atoms with Crippen LogP contribution in [0.1, 0.15) is 62.1 Å². The molecule has 4 aromatic rings. The molecule has 0 saturated carbocycles. The molecule has 0 radical (unpaired) electrons. The summed E-state index contributed by atoms with van der Waals surface area (Å²) in [5, 5.41) is 28.2. The Balaban J connectivity index is 0.000000321. The van der Waals surface area contributed by atoms with Gasteiger partial charge in [0.2, 0.25) is 11.8 Å². The maximum Gasteiger partial charge on any atom is 0.410 e. The quantitative estimate of drug-likeness (QED) is 0.114. The molecular formula is C42H52N6O10. The molecule has 1 heterocycles. The minimum atomic E-state index is -1.21. The Morgan fingerprint density at radius 1 is 0.741 bits per heavy atom. The van der Waals surface area contributed by atoms with Gasteiger partial charge in [-0.05, 0) is 57.9 Å². The highest BCUT2D eigenvalue weighted by Gasteiger charge is 2.44. The number of aliphatic carboxylic acids is 3. The van der Waals surface area contributed by atoms with Crippen molar-refractivity contribution in [2.24, 2.45) is 34.6 Å². The van der Waals surface area contributed by atoms with E-state index in [-0.39, 0.29) is 30.8 Å². The van der Waals surface area contributed by atoms with E-state index in [1.54, 1.807) is 0 Å². The van der Waals surface area contributed by atoms with E-state index in [4.69, 9.17) is 37.9 Å². The first-order chi connectivity index (χ1) is 27.3. The number of rotatable bonds is 10. The molecule has 2 aliphatic rings. The molecule has 16 nitrogen and oxygen atoms in total. The molecular weight excluding hydrogens is 748 g/mol. The standard InChI is InChI=1S/C30H25NO4.C5H12N2O.C4H8N2O3.C3H7NO2/c32-29(33)28-22(21-14-13-19-7-1-2-8-20(19)17-21)15-16-31(28)30(34)35-18-27-25-11-5-3-9-23(25)24-10-4-6-12-26(24)27;1-3(2)4(6)5(7)8;5-2(4(8)9)1-3(6)7;1-2(4)3(5)6/h1-14,17,22,27-28H,15-16,18H2,(H,32,33);3-4H,6H2,1-2H3,(H2,7,8);2H,1,5H2,(H2,6,7)(H,8,9);2H,4H2,1H3,(H,5,6)/t22-,28+;4-;2*2-/m1000/s1. The summed E-state index contributed by atoms with van der Waals surface area (Å²) in [6.45, 7) is 5.66. The van der Waals surface area contributed by atoms with Crippen molar-refractivity contribution in [3.8, 4) is 11.1 Å². The molecule has 1 saturated heterocycles. The smallest absolute Gasteiger partial charge is 0.410 e. The number of amides is 3. The molecule has 13 N–H and O–H groups in total. The number of fused-ring (bicyclic) bond motifs is 4. The number of carboxylic acids is 3. The number of nitrogens with zero attached hydrogens (tertiary/aromatic N) is 1. The summed E-state index contributed by atoms with van der Waals surface area (Å²) in [5.41, 5.74) is 30.1. The highest BCUT2D eigenvalue weighted by atomic mass is 16.6. The fraction of sp³-hybridized carbons (Fsp3) is 0.333. The predicted octanol–water partition coefficient (Wildman–Crippen LogP) is 3.18. The van der Waals surface area contributed by atoms with Crippen LogP contribution in [-0.2, 0) is 28.7 Å². The molecule has 5 atom stereocenters. The van der Waals surface area contributed by atoms with Gasteiger partial charge in [-0.2, -0.15) is 0 Å². The van der Waals surface area contributed by atoms with Gasteiger partial charge in [-0.3, -0.25) is 24.1 Å². The minimum absolute atomic E-state index is 0.0616. The van der Waals surface area contributed by atoms with E-state index in [0.29, 0.717) is 13.0 Å². The molecule has 4 aromatic carbocycles. The monoisotopic (exact) mass is 800 g/mol. The summed E-state index contributed by atoms with van der Waals surface area (Å²) in [6, 6.07) is 27.0. The first-order valence-corrected chi connectivity index (χ1v) is 18.5. The second-order valence-electron chi connectivity index (χ2n) is 14.2. The molecule has 1 aliphatic heterocycles. The van der Waals surface area contributed by atoms with Gasteiger partial charge >= 0.3 is 24.0 Å². The highest BCUT2D eigenvalue weighted by Crippen LogP contribution is 2.45. The van der Waals surface area contributed by atoms with Crippen molar-refractivity contribution in [3.63, 3.8) is 0 Å². The van der Waals surface area contributed by atoms with Gasteiger partial charge in [-0.1, -0.05) is 105 Å². The van der Waals surface area contributed by atoms with Crippen molar-refractivity contribution in [3.05, 3.63) is 108 Å². The molecule has 0 aromatic heterocycles. The summed E-state index contributed by atoms with van der Waals surface area (Å²) in [5.74, 6) is -4.51. The Morgan fingerprint density at radius 3 is 1.69 bits per heavy atom. The number of ether oxygens (including phenoxy) is 1. The number of primary amides is 2. The van der Waals surface area contributed by atoms with Crippen molar-refractivity contribution < 1.29 is 48.8 Å². The first kappa shape index (κ1) is 46.0. The van der Waals surface area contributed by atoms with Crippen LogP contribution in [0.4, 0.5) is 4.79 Å². The van der Waals surface area contributed by atoms with Crippen molar-refractivity contribution in [1.29, 1.82) is 0 Å². The van der Waals surface area contributed by atoms with E-state index in [2.05, 4.69) is 30.0 Å². The van der Waals surface area contributed by atoms with Gasteiger partial charge in [0.05, 0.1) is 12.5 Å². The number of likely N-dealkylation sites (tertiary alicyclic amines) is 1.